The molecule has 4 N–H and O–H groups in total. The Labute approximate surface area is 222 Å². The molecule has 0 spiro atoms. The fourth-order valence-corrected chi connectivity index (χ4v) is 4.40. The highest BCUT2D eigenvalue weighted by Gasteiger charge is 2.13. The number of nitrogens with zero attached hydrogens (tertiary/aromatic N) is 3. The number of pyridine rings is 3. The van der Waals surface area contributed by atoms with Gasteiger partial charge in [0.05, 0.1) is 11.6 Å². The van der Waals surface area contributed by atoms with Crippen LogP contribution < -0.4 is 16.6 Å². The van der Waals surface area contributed by atoms with Crippen LogP contribution in [-0.4, -0.2) is 31.3 Å². The number of aromatic nitrogens is 4. The van der Waals surface area contributed by atoms with Gasteiger partial charge in [-0.1, -0.05) is 29.8 Å². The van der Waals surface area contributed by atoms with Crippen molar-refractivity contribution >= 4 is 34.4 Å². The van der Waals surface area contributed by atoms with Crippen LogP contribution in [0.3, 0.4) is 0 Å². The molecule has 0 saturated carbocycles. The molecule has 38 heavy (non-hydrogen) atoms. The third-order valence-electron chi connectivity index (χ3n) is 6.13. The molecule has 0 radical (unpaired) electrons. The van der Waals surface area contributed by atoms with Crippen molar-refractivity contribution in [2.24, 2.45) is 5.73 Å². The molecule has 4 aromatic heterocycles. The van der Waals surface area contributed by atoms with E-state index in [1.807, 2.05) is 12.1 Å². The molecule has 2 amide bonds. The van der Waals surface area contributed by atoms with E-state index in [1.54, 1.807) is 61.2 Å². The number of benzene rings is 1. The minimum Gasteiger partial charge on any atom is -0.366 e. The molecule has 1 aromatic carbocycles. The number of primary amides is 1. The number of carbonyl (C=O) groups excluding carboxylic acids is 2. The zero-order valence-electron chi connectivity index (χ0n) is 20.1. The molecular formula is C28H23ClN6O3. The van der Waals surface area contributed by atoms with Crippen LogP contribution in [0.5, 0.6) is 0 Å². The standard InChI is InChI=1S/C28H23ClN6O3/c29-24-15-33-27-23(24)11-18(13-32-27)14-34-28(38)19-6-7-31-21(12-19)9-17-4-5-20(22(10-17)26(30)37)16-35-8-2-1-3-25(35)36/h1-8,10-13,15H,9,14,16H2,(H2,30,37)(H,32,33)(H,34,38). The molecule has 0 saturated heterocycles. The van der Waals surface area contributed by atoms with E-state index in [2.05, 4.69) is 20.3 Å². The molecule has 0 bridgehead atoms. The van der Waals surface area contributed by atoms with Gasteiger partial charge in [-0.3, -0.25) is 19.4 Å². The maximum atomic E-state index is 12.8. The van der Waals surface area contributed by atoms with Gasteiger partial charge in [-0.25, -0.2) is 4.98 Å². The predicted octanol–water partition coefficient (Wildman–Crippen LogP) is 3.44. The molecule has 10 heteroatoms. The van der Waals surface area contributed by atoms with Gasteiger partial charge < -0.3 is 20.6 Å². The second kappa shape index (κ2) is 10.7. The highest BCUT2D eigenvalue weighted by Crippen LogP contribution is 2.22. The molecule has 4 heterocycles. The molecule has 0 unspecified atom stereocenters. The summed E-state index contributed by atoms with van der Waals surface area (Å²) in [6.45, 7) is 0.514. The monoisotopic (exact) mass is 526 g/mol. The topological polar surface area (TPSA) is 136 Å². The van der Waals surface area contributed by atoms with Crippen LogP contribution >= 0.6 is 11.6 Å². The number of nitrogens with two attached hydrogens (primary N) is 1. The van der Waals surface area contributed by atoms with E-state index < -0.39 is 5.91 Å². The van der Waals surface area contributed by atoms with Crippen LogP contribution in [0.15, 0.2) is 84.2 Å². The Balaban J connectivity index is 1.29. The highest BCUT2D eigenvalue weighted by atomic mass is 35.5. The highest BCUT2D eigenvalue weighted by molar-refractivity contribution is 6.35. The lowest BCUT2D eigenvalue weighted by atomic mass is 9.99. The first kappa shape index (κ1) is 24.9. The Morgan fingerprint density at radius 2 is 1.92 bits per heavy atom. The van der Waals surface area contributed by atoms with E-state index in [9.17, 15) is 14.4 Å². The summed E-state index contributed by atoms with van der Waals surface area (Å²) < 4.78 is 1.51. The smallest absolute Gasteiger partial charge is 0.251 e. The first-order chi connectivity index (χ1) is 18.4. The Morgan fingerprint density at radius 1 is 1.05 bits per heavy atom. The van der Waals surface area contributed by atoms with Gasteiger partial charge in [0.2, 0.25) is 5.91 Å². The number of hydrogen-bond acceptors (Lipinski definition) is 5. The van der Waals surface area contributed by atoms with E-state index in [0.29, 0.717) is 39.5 Å². The number of H-pyrrole nitrogens is 1. The van der Waals surface area contributed by atoms with Gasteiger partial charge >= 0.3 is 0 Å². The molecule has 0 aliphatic rings. The SMILES string of the molecule is NC(=O)c1cc(Cc2cc(C(=O)NCc3cnc4[nH]cc(Cl)c4c3)ccn2)ccc1Cn1ccccc1=O. The number of fused-ring (bicyclic) bond motifs is 1. The van der Waals surface area contributed by atoms with Crippen molar-refractivity contribution in [2.45, 2.75) is 19.5 Å². The lowest BCUT2D eigenvalue weighted by molar-refractivity contribution is 0.0949. The molecule has 0 aliphatic heterocycles. The minimum atomic E-state index is -0.583. The summed E-state index contributed by atoms with van der Waals surface area (Å²) in [6.07, 6.45) is 6.97. The largest absolute Gasteiger partial charge is 0.366 e. The minimum absolute atomic E-state index is 0.170. The Morgan fingerprint density at radius 3 is 2.74 bits per heavy atom. The van der Waals surface area contributed by atoms with Gasteiger partial charge in [-0.05, 0) is 47.0 Å². The Kier molecular flexibility index (Phi) is 7.01. The number of amides is 2. The summed E-state index contributed by atoms with van der Waals surface area (Å²) in [5.41, 5.74) is 9.86. The second-order valence-electron chi connectivity index (χ2n) is 8.79. The molecule has 0 aliphatic carbocycles. The van der Waals surface area contributed by atoms with Crippen LogP contribution in [-0.2, 0) is 19.5 Å². The number of halogens is 1. The van der Waals surface area contributed by atoms with Crippen LogP contribution in [0.1, 0.15) is 43.1 Å². The van der Waals surface area contributed by atoms with Gasteiger partial charge in [0, 0.05) is 66.0 Å². The van der Waals surface area contributed by atoms with E-state index in [0.717, 1.165) is 16.5 Å². The maximum absolute atomic E-state index is 12.8. The fourth-order valence-electron chi connectivity index (χ4n) is 4.20. The molecule has 0 atom stereocenters. The van der Waals surface area contributed by atoms with E-state index in [-0.39, 0.29) is 24.6 Å². The van der Waals surface area contributed by atoms with E-state index >= 15 is 0 Å². The average Bonchev–Trinajstić information content (AvgIpc) is 3.29. The number of nitrogens with one attached hydrogen (secondary N) is 2. The van der Waals surface area contributed by atoms with Crippen molar-refractivity contribution < 1.29 is 9.59 Å². The second-order valence-corrected chi connectivity index (χ2v) is 9.20. The van der Waals surface area contributed by atoms with Crippen molar-refractivity contribution in [2.75, 3.05) is 0 Å². The van der Waals surface area contributed by atoms with Crippen molar-refractivity contribution in [3.8, 4) is 0 Å². The Bertz CT molecular complexity index is 1730. The fraction of sp³-hybridized carbons (Fsp3) is 0.107. The van der Waals surface area contributed by atoms with Crippen LogP contribution in [0.25, 0.3) is 11.0 Å². The summed E-state index contributed by atoms with van der Waals surface area (Å²) in [4.78, 5) is 48.7. The van der Waals surface area contributed by atoms with Crippen LogP contribution in [0.2, 0.25) is 5.02 Å². The number of rotatable bonds is 8. The first-order valence-electron chi connectivity index (χ1n) is 11.8. The van der Waals surface area contributed by atoms with Crippen molar-refractivity contribution in [1.82, 2.24) is 24.8 Å². The molecule has 9 nitrogen and oxygen atoms in total. The molecule has 5 aromatic rings. The van der Waals surface area contributed by atoms with Gasteiger partial charge in [-0.15, -0.1) is 0 Å². The van der Waals surface area contributed by atoms with Crippen LogP contribution in [0, 0.1) is 0 Å². The number of aromatic amines is 1. The van der Waals surface area contributed by atoms with Gasteiger partial charge in [0.25, 0.3) is 11.5 Å². The lowest BCUT2D eigenvalue weighted by Gasteiger charge is -2.12. The molecule has 190 valence electrons. The molecule has 5 rings (SSSR count). The molecular weight excluding hydrogens is 504 g/mol. The summed E-state index contributed by atoms with van der Waals surface area (Å²) in [7, 11) is 0. The zero-order chi connectivity index (χ0) is 26.6. The Hall–Kier alpha value is -4.76. The van der Waals surface area contributed by atoms with Crippen molar-refractivity contribution in [3.05, 3.63) is 128 Å². The third kappa shape index (κ3) is 5.47. The number of hydrogen-bond donors (Lipinski definition) is 3. The van der Waals surface area contributed by atoms with E-state index in [4.69, 9.17) is 17.3 Å². The number of carbonyl (C=O) groups is 2. The summed E-state index contributed by atoms with van der Waals surface area (Å²) in [5, 5.41) is 4.26. The average molecular weight is 527 g/mol. The quantitative estimate of drug-likeness (QED) is 0.284. The van der Waals surface area contributed by atoms with Gasteiger partial charge in [-0.2, -0.15) is 0 Å². The summed E-state index contributed by atoms with van der Waals surface area (Å²) >= 11 is 6.16. The van der Waals surface area contributed by atoms with Gasteiger partial charge in [0.15, 0.2) is 0 Å². The maximum Gasteiger partial charge on any atom is 0.251 e. The first-order valence-corrected chi connectivity index (χ1v) is 12.2. The zero-order valence-corrected chi connectivity index (χ0v) is 20.9. The van der Waals surface area contributed by atoms with Crippen LogP contribution in [0.4, 0.5) is 0 Å². The van der Waals surface area contributed by atoms with Crippen molar-refractivity contribution in [3.63, 3.8) is 0 Å². The summed E-state index contributed by atoms with van der Waals surface area (Å²) in [6, 6.07) is 15.4. The van der Waals surface area contributed by atoms with E-state index in [1.165, 1.54) is 10.6 Å². The normalized spacial score (nSPS) is 11.0. The predicted molar refractivity (Wildman–Crippen MR) is 144 cm³/mol. The summed E-state index contributed by atoms with van der Waals surface area (Å²) in [5.74, 6) is -0.837. The third-order valence-corrected chi connectivity index (χ3v) is 6.45. The molecule has 0 fully saturated rings. The van der Waals surface area contributed by atoms with Crippen molar-refractivity contribution in [1.29, 1.82) is 0 Å². The lowest BCUT2D eigenvalue weighted by Crippen LogP contribution is -2.23. The van der Waals surface area contributed by atoms with Gasteiger partial charge in [0.1, 0.15) is 5.65 Å².